The lowest BCUT2D eigenvalue weighted by atomic mass is 10.1. The van der Waals surface area contributed by atoms with Gasteiger partial charge in [-0.05, 0) is 17.7 Å². The lowest BCUT2D eigenvalue weighted by Gasteiger charge is -2.10. The molecule has 0 bridgehead atoms. The Morgan fingerprint density at radius 1 is 0.857 bits per heavy atom. The van der Waals surface area contributed by atoms with E-state index in [-0.39, 0.29) is 5.75 Å². The Morgan fingerprint density at radius 3 is 2.43 bits per heavy atom. The number of ether oxygens (including phenoxy) is 1. The number of rotatable bonds is 4. The number of aromatic hydroxyl groups is 1. The van der Waals surface area contributed by atoms with Gasteiger partial charge in [0.1, 0.15) is 12.4 Å². The molecule has 0 radical (unpaired) electrons. The normalized spacial score (nSPS) is 10.3. The van der Waals surface area contributed by atoms with Gasteiger partial charge in [0.25, 0.3) is 0 Å². The molecule has 1 heterocycles. The average molecular weight is 278 g/mol. The Hall–Kier alpha value is -2.88. The summed E-state index contributed by atoms with van der Waals surface area (Å²) in [6.45, 7) is 0.403. The molecule has 0 unspecified atom stereocenters. The van der Waals surface area contributed by atoms with E-state index in [4.69, 9.17) is 4.74 Å². The van der Waals surface area contributed by atoms with Gasteiger partial charge >= 0.3 is 0 Å². The maximum atomic E-state index is 9.97. The van der Waals surface area contributed by atoms with Gasteiger partial charge in [-0.2, -0.15) is 5.10 Å². The molecule has 0 spiro atoms. The Balaban J connectivity index is 1.88. The van der Waals surface area contributed by atoms with Gasteiger partial charge in [0.2, 0.25) is 5.88 Å². The molecule has 0 aliphatic rings. The van der Waals surface area contributed by atoms with E-state index in [9.17, 15) is 5.11 Å². The quantitative estimate of drug-likeness (QED) is 0.794. The van der Waals surface area contributed by atoms with Gasteiger partial charge in [-0.15, -0.1) is 5.10 Å². The summed E-state index contributed by atoms with van der Waals surface area (Å²) in [6.07, 6.45) is 1.58. The molecular weight excluding hydrogens is 264 g/mol. The Kier molecular flexibility index (Phi) is 3.78. The third kappa shape index (κ3) is 3.00. The molecule has 1 N–H and O–H groups in total. The van der Waals surface area contributed by atoms with E-state index in [1.54, 1.807) is 24.4 Å². The van der Waals surface area contributed by atoms with Crippen LogP contribution in [0.2, 0.25) is 0 Å². The van der Waals surface area contributed by atoms with E-state index in [1.165, 1.54) is 0 Å². The Morgan fingerprint density at radius 2 is 1.62 bits per heavy atom. The summed E-state index contributed by atoms with van der Waals surface area (Å²) in [5.74, 6) is 0.595. The molecule has 0 saturated carbocycles. The van der Waals surface area contributed by atoms with Gasteiger partial charge in [-0.1, -0.05) is 48.5 Å². The van der Waals surface area contributed by atoms with Crippen LogP contribution in [0.4, 0.5) is 0 Å². The van der Waals surface area contributed by atoms with Gasteiger partial charge in [0, 0.05) is 5.56 Å². The molecule has 0 atom stereocenters. The predicted octanol–water partition coefficient (Wildman–Crippen LogP) is 3.43. The SMILES string of the molecule is Oc1ccccc1-c1ccnnc1OCc1ccccc1. The standard InChI is InChI=1S/C17H14N2O2/c20-16-9-5-4-8-14(16)15-10-11-18-19-17(15)21-12-13-6-2-1-3-7-13/h1-11,20H,12H2. The molecular formula is C17H14N2O2. The van der Waals surface area contributed by atoms with Crippen molar-refractivity contribution in [1.29, 1.82) is 0 Å². The molecule has 3 aromatic rings. The number of phenols is 1. The monoisotopic (exact) mass is 278 g/mol. The first-order chi connectivity index (χ1) is 10.3. The largest absolute Gasteiger partial charge is 0.507 e. The number of aromatic nitrogens is 2. The first-order valence-electron chi connectivity index (χ1n) is 6.61. The molecule has 4 nitrogen and oxygen atoms in total. The van der Waals surface area contributed by atoms with Gasteiger partial charge in [-0.25, -0.2) is 0 Å². The molecule has 0 aliphatic carbocycles. The van der Waals surface area contributed by atoms with Crippen LogP contribution in [0.1, 0.15) is 5.56 Å². The molecule has 3 rings (SSSR count). The van der Waals surface area contributed by atoms with Crippen molar-refractivity contribution in [2.24, 2.45) is 0 Å². The van der Waals surface area contributed by atoms with Crippen LogP contribution in [-0.4, -0.2) is 15.3 Å². The summed E-state index contributed by atoms with van der Waals surface area (Å²) in [4.78, 5) is 0. The van der Waals surface area contributed by atoms with Crippen LogP contribution < -0.4 is 4.74 Å². The molecule has 0 fully saturated rings. The topological polar surface area (TPSA) is 55.2 Å². The van der Waals surface area contributed by atoms with E-state index in [0.29, 0.717) is 18.1 Å². The third-order valence-corrected chi connectivity index (χ3v) is 3.10. The molecule has 0 amide bonds. The number of para-hydroxylation sites is 1. The van der Waals surface area contributed by atoms with Crippen LogP contribution in [0.25, 0.3) is 11.1 Å². The summed E-state index contributed by atoms with van der Waals surface area (Å²) in [7, 11) is 0. The van der Waals surface area contributed by atoms with Gasteiger partial charge < -0.3 is 9.84 Å². The highest BCUT2D eigenvalue weighted by molar-refractivity contribution is 5.73. The minimum absolute atomic E-state index is 0.190. The van der Waals surface area contributed by atoms with E-state index in [2.05, 4.69) is 10.2 Å². The van der Waals surface area contributed by atoms with Crippen molar-refractivity contribution < 1.29 is 9.84 Å². The Bertz CT molecular complexity index is 730. The van der Waals surface area contributed by atoms with E-state index in [1.807, 2.05) is 42.5 Å². The average Bonchev–Trinajstić information content (AvgIpc) is 2.55. The zero-order chi connectivity index (χ0) is 14.5. The van der Waals surface area contributed by atoms with Crippen LogP contribution >= 0.6 is 0 Å². The number of phenolic OH excluding ortho intramolecular Hbond substituents is 1. The van der Waals surface area contributed by atoms with Gasteiger partial charge in [-0.3, -0.25) is 0 Å². The molecule has 0 aliphatic heterocycles. The van der Waals surface area contributed by atoms with Crippen LogP contribution in [0.5, 0.6) is 11.6 Å². The van der Waals surface area contributed by atoms with Crippen LogP contribution in [-0.2, 0) is 6.61 Å². The number of benzene rings is 2. The van der Waals surface area contributed by atoms with Crippen molar-refractivity contribution in [3.05, 3.63) is 72.4 Å². The first-order valence-corrected chi connectivity index (χ1v) is 6.61. The number of nitrogens with zero attached hydrogens (tertiary/aromatic N) is 2. The fourth-order valence-electron chi connectivity index (χ4n) is 2.06. The minimum atomic E-state index is 0.190. The Labute approximate surface area is 122 Å². The van der Waals surface area contributed by atoms with Crippen LogP contribution in [0, 0.1) is 0 Å². The van der Waals surface area contributed by atoms with Crippen LogP contribution in [0.3, 0.4) is 0 Å². The zero-order valence-corrected chi connectivity index (χ0v) is 11.3. The summed E-state index contributed by atoms with van der Waals surface area (Å²) in [5, 5.41) is 17.9. The zero-order valence-electron chi connectivity index (χ0n) is 11.3. The maximum Gasteiger partial charge on any atom is 0.241 e. The minimum Gasteiger partial charge on any atom is -0.507 e. The second-order valence-corrected chi connectivity index (χ2v) is 4.54. The van der Waals surface area contributed by atoms with Crippen molar-refractivity contribution in [3.63, 3.8) is 0 Å². The highest BCUT2D eigenvalue weighted by Crippen LogP contribution is 2.33. The van der Waals surface area contributed by atoms with Crippen molar-refractivity contribution in [2.45, 2.75) is 6.61 Å². The van der Waals surface area contributed by atoms with Crippen molar-refractivity contribution in [2.75, 3.05) is 0 Å². The lowest BCUT2D eigenvalue weighted by molar-refractivity contribution is 0.291. The molecule has 104 valence electrons. The fourth-order valence-corrected chi connectivity index (χ4v) is 2.06. The highest BCUT2D eigenvalue weighted by Gasteiger charge is 2.11. The van der Waals surface area contributed by atoms with E-state index >= 15 is 0 Å². The third-order valence-electron chi connectivity index (χ3n) is 3.10. The first kappa shape index (κ1) is 13.1. The second-order valence-electron chi connectivity index (χ2n) is 4.54. The fraction of sp³-hybridized carbons (Fsp3) is 0.0588. The van der Waals surface area contributed by atoms with Crippen molar-refractivity contribution >= 4 is 0 Å². The molecule has 0 saturated heterocycles. The summed E-state index contributed by atoms with van der Waals surface area (Å²) in [5.41, 5.74) is 2.45. The summed E-state index contributed by atoms with van der Waals surface area (Å²) < 4.78 is 5.75. The van der Waals surface area contributed by atoms with Crippen LogP contribution in [0.15, 0.2) is 66.9 Å². The molecule has 1 aromatic heterocycles. The smallest absolute Gasteiger partial charge is 0.241 e. The molecule has 2 aromatic carbocycles. The number of hydrogen-bond acceptors (Lipinski definition) is 4. The second kappa shape index (κ2) is 6.05. The summed E-state index contributed by atoms with van der Waals surface area (Å²) in [6, 6.07) is 18.7. The maximum absolute atomic E-state index is 9.97. The van der Waals surface area contributed by atoms with Crippen molar-refractivity contribution in [3.8, 4) is 22.8 Å². The predicted molar refractivity (Wildman–Crippen MR) is 79.9 cm³/mol. The molecule has 21 heavy (non-hydrogen) atoms. The summed E-state index contributed by atoms with van der Waals surface area (Å²) >= 11 is 0. The molecule has 4 heteroatoms. The lowest BCUT2D eigenvalue weighted by Crippen LogP contribution is -2.00. The number of hydrogen-bond donors (Lipinski definition) is 1. The van der Waals surface area contributed by atoms with Crippen molar-refractivity contribution in [1.82, 2.24) is 10.2 Å². The van der Waals surface area contributed by atoms with E-state index < -0.39 is 0 Å². The van der Waals surface area contributed by atoms with Gasteiger partial charge in [0.05, 0.1) is 11.8 Å². The highest BCUT2D eigenvalue weighted by atomic mass is 16.5. The van der Waals surface area contributed by atoms with Gasteiger partial charge in [0.15, 0.2) is 0 Å². The van der Waals surface area contributed by atoms with E-state index in [0.717, 1.165) is 11.1 Å².